The van der Waals surface area contributed by atoms with Gasteiger partial charge in [0.15, 0.2) is 0 Å². The van der Waals surface area contributed by atoms with E-state index in [0.29, 0.717) is 13.2 Å². The first kappa shape index (κ1) is 14.4. The quantitative estimate of drug-likeness (QED) is 0.547. The molecule has 1 amide bonds. The number of carbonyl (C=O) groups excluding carboxylic acids is 1. The number of ether oxygens (including phenoxy) is 1. The molecule has 0 unspecified atom stereocenters. The third-order valence-electron chi connectivity index (χ3n) is 3.33. The van der Waals surface area contributed by atoms with Gasteiger partial charge >= 0.3 is 0 Å². The van der Waals surface area contributed by atoms with E-state index in [0.717, 1.165) is 38.8 Å². The highest BCUT2D eigenvalue weighted by atomic mass is 16.5. The molecule has 0 bridgehead atoms. The Balaban J connectivity index is 2.42. The summed E-state index contributed by atoms with van der Waals surface area (Å²) in [5.74, 6) is 0.0961. The average Bonchev–Trinajstić information content (AvgIpc) is 2.36. The summed E-state index contributed by atoms with van der Waals surface area (Å²) in [6.07, 6.45) is 3.21. The molecule has 1 saturated heterocycles. The number of amides is 1. The van der Waals surface area contributed by atoms with Crippen molar-refractivity contribution in [1.29, 1.82) is 0 Å². The van der Waals surface area contributed by atoms with Crippen molar-refractivity contribution < 1.29 is 14.6 Å². The van der Waals surface area contributed by atoms with Crippen molar-refractivity contribution in [3.8, 4) is 0 Å². The number of hydrogen-bond acceptors (Lipinski definition) is 4. The first-order valence-electron chi connectivity index (χ1n) is 6.34. The van der Waals surface area contributed by atoms with Crippen molar-refractivity contribution in [3.63, 3.8) is 0 Å². The largest absolute Gasteiger partial charge is 0.396 e. The first-order chi connectivity index (χ1) is 8.25. The zero-order chi connectivity index (χ0) is 12.6. The van der Waals surface area contributed by atoms with Gasteiger partial charge in [-0.3, -0.25) is 4.79 Å². The van der Waals surface area contributed by atoms with Gasteiger partial charge in [-0.05, 0) is 38.8 Å². The van der Waals surface area contributed by atoms with Gasteiger partial charge in [0.2, 0.25) is 5.91 Å². The molecule has 0 aromatic carbocycles. The fourth-order valence-electron chi connectivity index (χ4n) is 2.24. The Morgan fingerprint density at radius 1 is 1.41 bits per heavy atom. The van der Waals surface area contributed by atoms with Gasteiger partial charge in [-0.2, -0.15) is 0 Å². The minimum absolute atomic E-state index is 0.0961. The average molecular weight is 244 g/mol. The number of rotatable bonds is 7. The Kier molecular flexibility index (Phi) is 6.47. The zero-order valence-electron chi connectivity index (χ0n) is 10.6. The van der Waals surface area contributed by atoms with Crippen LogP contribution in [-0.2, 0) is 9.53 Å². The smallest absolute Gasteiger partial charge is 0.228 e. The van der Waals surface area contributed by atoms with Gasteiger partial charge in [0, 0.05) is 20.3 Å². The van der Waals surface area contributed by atoms with Crippen LogP contribution in [0, 0.1) is 5.41 Å². The predicted octanol–water partition coefficient (Wildman–Crippen LogP) is -0.109. The van der Waals surface area contributed by atoms with E-state index in [-0.39, 0.29) is 17.9 Å². The van der Waals surface area contributed by atoms with E-state index >= 15 is 0 Å². The molecular weight excluding hydrogens is 220 g/mol. The lowest BCUT2D eigenvalue weighted by Gasteiger charge is -2.35. The highest BCUT2D eigenvalue weighted by Crippen LogP contribution is 2.29. The van der Waals surface area contributed by atoms with Crippen LogP contribution >= 0.6 is 0 Å². The highest BCUT2D eigenvalue weighted by Gasteiger charge is 2.39. The number of unbranched alkanes of at least 4 members (excludes halogenated alkanes) is 1. The number of nitrogens with one attached hydrogen (secondary N) is 2. The van der Waals surface area contributed by atoms with Crippen LogP contribution < -0.4 is 10.6 Å². The standard InChI is InChI=1S/C12H24N2O3/c1-17-10-12(4-7-13-8-5-12)11(16)14-6-2-3-9-15/h13,15H,2-10H2,1H3,(H,14,16). The van der Waals surface area contributed by atoms with Crippen LogP contribution in [0.1, 0.15) is 25.7 Å². The van der Waals surface area contributed by atoms with Crippen molar-refractivity contribution in [2.75, 3.05) is 40.0 Å². The Bertz CT molecular complexity index is 222. The molecule has 0 radical (unpaired) electrons. The molecule has 1 rings (SSSR count). The van der Waals surface area contributed by atoms with Crippen LogP contribution in [0.15, 0.2) is 0 Å². The second-order valence-electron chi connectivity index (χ2n) is 4.65. The molecule has 100 valence electrons. The molecule has 1 aliphatic rings. The fourth-order valence-corrected chi connectivity index (χ4v) is 2.24. The van der Waals surface area contributed by atoms with Gasteiger partial charge < -0.3 is 20.5 Å². The maximum Gasteiger partial charge on any atom is 0.228 e. The first-order valence-corrected chi connectivity index (χ1v) is 6.34. The monoisotopic (exact) mass is 244 g/mol. The summed E-state index contributed by atoms with van der Waals surface area (Å²) in [5.41, 5.74) is -0.362. The van der Waals surface area contributed by atoms with Crippen molar-refractivity contribution in [2.24, 2.45) is 5.41 Å². The molecule has 1 heterocycles. The fraction of sp³-hybridized carbons (Fsp3) is 0.917. The van der Waals surface area contributed by atoms with E-state index in [1.165, 1.54) is 0 Å². The highest BCUT2D eigenvalue weighted by molar-refractivity contribution is 5.82. The van der Waals surface area contributed by atoms with E-state index in [2.05, 4.69) is 10.6 Å². The van der Waals surface area contributed by atoms with Crippen LogP contribution in [0.25, 0.3) is 0 Å². The Morgan fingerprint density at radius 3 is 2.71 bits per heavy atom. The van der Waals surface area contributed by atoms with Crippen molar-refractivity contribution in [1.82, 2.24) is 10.6 Å². The van der Waals surface area contributed by atoms with E-state index in [4.69, 9.17) is 9.84 Å². The summed E-state index contributed by atoms with van der Waals surface area (Å²) in [6, 6.07) is 0. The minimum atomic E-state index is -0.362. The summed E-state index contributed by atoms with van der Waals surface area (Å²) in [5, 5.41) is 14.9. The minimum Gasteiger partial charge on any atom is -0.396 e. The van der Waals surface area contributed by atoms with E-state index in [1.54, 1.807) is 7.11 Å². The lowest BCUT2D eigenvalue weighted by Crippen LogP contribution is -2.50. The molecule has 1 fully saturated rings. The lowest BCUT2D eigenvalue weighted by molar-refractivity contribution is -0.136. The maximum atomic E-state index is 12.2. The third kappa shape index (κ3) is 4.26. The molecule has 0 saturated carbocycles. The van der Waals surface area contributed by atoms with Crippen molar-refractivity contribution in [2.45, 2.75) is 25.7 Å². The Labute approximate surface area is 103 Å². The van der Waals surface area contributed by atoms with Gasteiger partial charge in [-0.15, -0.1) is 0 Å². The van der Waals surface area contributed by atoms with Crippen LogP contribution in [0.2, 0.25) is 0 Å². The van der Waals surface area contributed by atoms with Gasteiger partial charge in [0.1, 0.15) is 0 Å². The summed E-state index contributed by atoms with van der Waals surface area (Å²) in [4.78, 5) is 12.2. The van der Waals surface area contributed by atoms with Crippen LogP contribution in [0.4, 0.5) is 0 Å². The molecule has 0 spiro atoms. The number of piperidine rings is 1. The molecule has 3 N–H and O–H groups in total. The molecule has 17 heavy (non-hydrogen) atoms. The molecular formula is C12H24N2O3. The molecule has 5 nitrogen and oxygen atoms in total. The van der Waals surface area contributed by atoms with Gasteiger partial charge in [-0.25, -0.2) is 0 Å². The number of methoxy groups -OCH3 is 1. The third-order valence-corrected chi connectivity index (χ3v) is 3.33. The molecule has 0 aromatic rings. The van der Waals surface area contributed by atoms with Crippen LogP contribution in [-0.4, -0.2) is 51.0 Å². The van der Waals surface area contributed by atoms with E-state index < -0.39 is 0 Å². The second kappa shape index (κ2) is 7.63. The molecule has 0 atom stereocenters. The van der Waals surface area contributed by atoms with Gasteiger partial charge in [0.05, 0.1) is 12.0 Å². The SMILES string of the molecule is COCC1(C(=O)NCCCCO)CCNCC1. The number of carbonyl (C=O) groups is 1. The topological polar surface area (TPSA) is 70.6 Å². The normalized spacial score (nSPS) is 18.9. The van der Waals surface area contributed by atoms with Crippen molar-refractivity contribution in [3.05, 3.63) is 0 Å². The molecule has 1 aliphatic heterocycles. The number of aliphatic hydroxyl groups is 1. The molecule has 5 heteroatoms. The number of hydrogen-bond donors (Lipinski definition) is 3. The summed E-state index contributed by atoms with van der Waals surface area (Å²) >= 11 is 0. The maximum absolute atomic E-state index is 12.2. The van der Waals surface area contributed by atoms with Gasteiger partial charge in [0.25, 0.3) is 0 Å². The predicted molar refractivity (Wildman–Crippen MR) is 65.7 cm³/mol. The Hall–Kier alpha value is -0.650. The van der Waals surface area contributed by atoms with Gasteiger partial charge in [-0.1, -0.05) is 0 Å². The summed E-state index contributed by atoms with van der Waals surface area (Å²) in [7, 11) is 1.64. The zero-order valence-corrected chi connectivity index (χ0v) is 10.6. The number of aliphatic hydroxyl groups excluding tert-OH is 1. The van der Waals surface area contributed by atoms with Crippen molar-refractivity contribution >= 4 is 5.91 Å². The second-order valence-corrected chi connectivity index (χ2v) is 4.65. The lowest BCUT2D eigenvalue weighted by atomic mass is 9.78. The molecule has 0 aliphatic carbocycles. The van der Waals surface area contributed by atoms with Crippen LogP contribution in [0.5, 0.6) is 0 Å². The Morgan fingerprint density at radius 2 is 2.12 bits per heavy atom. The molecule has 0 aromatic heterocycles. The summed E-state index contributed by atoms with van der Waals surface area (Å²) < 4.78 is 5.20. The van der Waals surface area contributed by atoms with E-state index in [9.17, 15) is 4.79 Å². The van der Waals surface area contributed by atoms with E-state index in [1.807, 2.05) is 0 Å². The summed E-state index contributed by atoms with van der Waals surface area (Å²) in [6.45, 7) is 3.04. The van der Waals surface area contributed by atoms with Crippen LogP contribution in [0.3, 0.4) is 0 Å².